The highest BCUT2D eigenvalue weighted by Gasteiger charge is 2.28. The molecule has 0 spiro atoms. The first-order chi connectivity index (χ1) is 17.0. The molecule has 0 aliphatic rings. The normalized spacial score (nSPS) is 12.1. The second kappa shape index (κ2) is 13.2. The molecule has 0 saturated heterocycles. The van der Waals surface area contributed by atoms with Crippen LogP contribution in [0.1, 0.15) is 90.4 Å². The minimum absolute atomic E-state index is 0.106. The predicted octanol–water partition coefficient (Wildman–Crippen LogP) is 6.97. The van der Waals surface area contributed by atoms with E-state index < -0.39 is 0 Å². The third-order valence-corrected chi connectivity index (χ3v) is 6.51. The van der Waals surface area contributed by atoms with E-state index in [1.54, 1.807) is 22.8 Å². The van der Waals surface area contributed by atoms with Crippen LogP contribution < -0.4 is 5.56 Å². The van der Waals surface area contributed by atoms with E-state index in [-0.39, 0.29) is 23.3 Å². The van der Waals surface area contributed by atoms with Crippen molar-refractivity contribution in [1.29, 1.82) is 0 Å². The molecule has 188 valence electrons. The number of halogens is 1. The smallest absolute Gasteiger partial charge is 0.266 e. The number of nitrogens with zero attached hydrogens (tertiary/aromatic N) is 3. The maximum absolute atomic E-state index is 13.7. The Balaban J connectivity index is 2.13. The van der Waals surface area contributed by atoms with Gasteiger partial charge in [0.2, 0.25) is 5.91 Å². The Morgan fingerprint density at radius 3 is 2.31 bits per heavy atom. The van der Waals surface area contributed by atoms with Gasteiger partial charge >= 0.3 is 0 Å². The van der Waals surface area contributed by atoms with Crippen molar-refractivity contribution in [3.63, 3.8) is 0 Å². The van der Waals surface area contributed by atoms with Gasteiger partial charge in [-0.3, -0.25) is 14.2 Å². The number of carbonyl (C=O) groups is 1. The maximum Gasteiger partial charge on any atom is 0.266 e. The lowest BCUT2D eigenvalue weighted by atomic mass is 10.1. The van der Waals surface area contributed by atoms with Crippen molar-refractivity contribution < 1.29 is 9.18 Å². The van der Waals surface area contributed by atoms with Gasteiger partial charge in [0.15, 0.2) is 0 Å². The zero-order chi connectivity index (χ0) is 25.2. The lowest BCUT2D eigenvalue weighted by Crippen LogP contribution is -2.39. The van der Waals surface area contributed by atoms with Crippen LogP contribution in [0.4, 0.5) is 4.39 Å². The van der Waals surface area contributed by atoms with Crippen molar-refractivity contribution in [3.05, 3.63) is 70.5 Å². The average molecular weight is 480 g/mol. The topological polar surface area (TPSA) is 55.2 Å². The van der Waals surface area contributed by atoms with Crippen LogP contribution in [0.5, 0.6) is 0 Å². The molecule has 0 aliphatic heterocycles. The van der Waals surface area contributed by atoms with E-state index in [0.29, 0.717) is 41.8 Å². The van der Waals surface area contributed by atoms with Crippen molar-refractivity contribution in [3.8, 4) is 5.69 Å². The largest absolute Gasteiger partial charge is 0.333 e. The average Bonchev–Trinajstić information content (AvgIpc) is 2.87. The second-order valence-electron chi connectivity index (χ2n) is 9.13. The number of fused-ring (bicyclic) bond motifs is 1. The van der Waals surface area contributed by atoms with E-state index in [2.05, 4.69) is 13.8 Å². The summed E-state index contributed by atoms with van der Waals surface area (Å²) >= 11 is 0. The van der Waals surface area contributed by atoms with Crippen LogP contribution in [-0.2, 0) is 4.79 Å². The standard InChI is InChI=1S/C29H38FN3O2/c1-4-7-9-13-21-32(27(34)16-10-8-5-2)26(6-3)28-31-25-15-12-11-14-24(25)29(35)33(28)23-19-17-22(30)18-20-23/h11-12,14-15,17-20,26H,4-10,13,16,21H2,1-3H3. The SMILES string of the molecule is CCCCCCN(C(=O)CCCCC)C(CC)c1nc2ccccc2c(=O)n1-c1ccc(F)cc1. The molecule has 1 heterocycles. The van der Waals surface area contributed by atoms with Gasteiger partial charge in [-0.15, -0.1) is 0 Å². The fraction of sp³-hybridized carbons (Fsp3) is 0.483. The lowest BCUT2D eigenvalue weighted by Gasteiger charge is -2.32. The summed E-state index contributed by atoms with van der Waals surface area (Å²) in [6, 6.07) is 12.8. The zero-order valence-electron chi connectivity index (χ0n) is 21.3. The Hall–Kier alpha value is -3.02. The Labute approximate surface area is 208 Å². The Morgan fingerprint density at radius 1 is 0.943 bits per heavy atom. The van der Waals surface area contributed by atoms with Crippen LogP contribution in [0.25, 0.3) is 16.6 Å². The lowest BCUT2D eigenvalue weighted by molar-refractivity contribution is -0.134. The number of rotatable bonds is 13. The van der Waals surface area contributed by atoms with Gasteiger partial charge in [-0.05, 0) is 55.7 Å². The molecule has 5 nitrogen and oxygen atoms in total. The molecule has 0 radical (unpaired) electrons. The van der Waals surface area contributed by atoms with Gasteiger partial charge in [-0.1, -0.05) is 65.0 Å². The second-order valence-corrected chi connectivity index (χ2v) is 9.13. The van der Waals surface area contributed by atoms with Gasteiger partial charge in [0.05, 0.1) is 22.6 Å². The van der Waals surface area contributed by atoms with Crippen LogP contribution in [0.15, 0.2) is 53.3 Å². The van der Waals surface area contributed by atoms with E-state index in [1.165, 1.54) is 12.1 Å². The number of aromatic nitrogens is 2. The minimum Gasteiger partial charge on any atom is -0.333 e. The molecule has 3 rings (SSSR count). The van der Waals surface area contributed by atoms with E-state index in [9.17, 15) is 14.0 Å². The molecule has 0 N–H and O–H groups in total. The van der Waals surface area contributed by atoms with Crippen molar-refractivity contribution >= 4 is 16.8 Å². The Kier molecular flexibility index (Phi) is 10.0. The summed E-state index contributed by atoms with van der Waals surface area (Å²) < 4.78 is 15.3. The van der Waals surface area contributed by atoms with Crippen molar-refractivity contribution in [1.82, 2.24) is 14.5 Å². The number of hydrogen-bond donors (Lipinski definition) is 0. The van der Waals surface area contributed by atoms with Crippen LogP contribution in [0.2, 0.25) is 0 Å². The molecular formula is C29H38FN3O2. The zero-order valence-corrected chi connectivity index (χ0v) is 21.3. The molecule has 3 aromatic rings. The maximum atomic E-state index is 13.7. The van der Waals surface area contributed by atoms with Gasteiger partial charge in [0.25, 0.3) is 5.56 Å². The molecule has 2 aromatic carbocycles. The van der Waals surface area contributed by atoms with E-state index in [4.69, 9.17) is 4.98 Å². The fourth-order valence-corrected chi connectivity index (χ4v) is 4.59. The van der Waals surface area contributed by atoms with Gasteiger partial charge in [0, 0.05) is 13.0 Å². The highest BCUT2D eigenvalue weighted by molar-refractivity contribution is 5.79. The minimum atomic E-state index is -0.368. The van der Waals surface area contributed by atoms with Crippen LogP contribution in [0.3, 0.4) is 0 Å². The third kappa shape index (κ3) is 6.56. The third-order valence-electron chi connectivity index (χ3n) is 6.51. The van der Waals surface area contributed by atoms with Gasteiger partial charge in [-0.2, -0.15) is 0 Å². The molecule has 1 aromatic heterocycles. The molecule has 0 bridgehead atoms. The summed E-state index contributed by atoms with van der Waals surface area (Å²) in [6.07, 6.45) is 8.26. The quantitative estimate of drug-likeness (QED) is 0.249. The van der Waals surface area contributed by atoms with E-state index in [0.717, 1.165) is 44.9 Å². The first kappa shape index (κ1) is 26.6. The van der Waals surface area contributed by atoms with Crippen molar-refractivity contribution in [2.24, 2.45) is 0 Å². The Morgan fingerprint density at radius 2 is 1.63 bits per heavy atom. The number of unbranched alkanes of at least 4 members (excludes halogenated alkanes) is 5. The van der Waals surface area contributed by atoms with E-state index in [1.807, 2.05) is 30.0 Å². The predicted molar refractivity (Wildman–Crippen MR) is 140 cm³/mol. The summed E-state index contributed by atoms with van der Waals surface area (Å²) in [4.78, 5) is 34.0. The number of benzene rings is 2. The number of carbonyl (C=O) groups excluding carboxylic acids is 1. The van der Waals surface area contributed by atoms with E-state index >= 15 is 0 Å². The van der Waals surface area contributed by atoms with Gasteiger partial charge in [-0.25, -0.2) is 9.37 Å². The number of amides is 1. The Bertz CT molecular complexity index is 1160. The molecule has 6 heteroatoms. The first-order valence-electron chi connectivity index (χ1n) is 13.1. The number of para-hydroxylation sites is 1. The molecular weight excluding hydrogens is 441 g/mol. The number of hydrogen-bond acceptors (Lipinski definition) is 3. The van der Waals surface area contributed by atoms with Gasteiger partial charge in [0.1, 0.15) is 11.6 Å². The summed E-state index contributed by atoms with van der Waals surface area (Å²) in [5.74, 6) is 0.268. The molecule has 1 unspecified atom stereocenters. The van der Waals surface area contributed by atoms with Crippen LogP contribution in [-0.4, -0.2) is 26.9 Å². The van der Waals surface area contributed by atoms with Crippen LogP contribution in [0, 0.1) is 5.82 Å². The fourth-order valence-electron chi connectivity index (χ4n) is 4.59. The summed E-state index contributed by atoms with van der Waals surface area (Å²) in [5.41, 5.74) is 0.946. The van der Waals surface area contributed by atoms with Gasteiger partial charge < -0.3 is 4.90 Å². The summed E-state index contributed by atoms with van der Waals surface area (Å²) in [5, 5.41) is 0.499. The first-order valence-corrected chi connectivity index (χ1v) is 13.1. The molecule has 0 saturated carbocycles. The van der Waals surface area contributed by atoms with Crippen molar-refractivity contribution in [2.75, 3.05) is 6.54 Å². The molecule has 0 fully saturated rings. The van der Waals surface area contributed by atoms with Crippen molar-refractivity contribution in [2.45, 2.75) is 84.6 Å². The summed E-state index contributed by atoms with van der Waals surface area (Å²) in [6.45, 7) is 6.96. The monoisotopic (exact) mass is 479 g/mol. The highest BCUT2D eigenvalue weighted by Crippen LogP contribution is 2.27. The molecule has 1 atom stereocenters. The molecule has 1 amide bonds. The highest BCUT2D eigenvalue weighted by atomic mass is 19.1. The molecule has 35 heavy (non-hydrogen) atoms. The van der Waals surface area contributed by atoms with Crippen LogP contribution >= 0.6 is 0 Å². The molecule has 0 aliphatic carbocycles. The summed E-state index contributed by atoms with van der Waals surface area (Å²) in [7, 11) is 0.